The summed E-state index contributed by atoms with van der Waals surface area (Å²) in [5.74, 6) is 0.945. The Morgan fingerprint density at radius 1 is 1.18 bits per heavy atom. The van der Waals surface area contributed by atoms with Crippen LogP contribution in [0.15, 0.2) is 24.3 Å². The van der Waals surface area contributed by atoms with Gasteiger partial charge in [-0.2, -0.15) is 0 Å². The van der Waals surface area contributed by atoms with Crippen molar-refractivity contribution in [3.8, 4) is 5.75 Å². The zero-order chi connectivity index (χ0) is 12.3. The summed E-state index contributed by atoms with van der Waals surface area (Å²) in [5.41, 5.74) is 6.54. The summed E-state index contributed by atoms with van der Waals surface area (Å²) in [6.07, 6.45) is 4.54. The molecule has 0 unspecified atom stereocenters. The van der Waals surface area contributed by atoms with Crippen molar-refractivity contribution in [2.45, 2.75) is 32.6 Å². The smallest absolute Gasteiger partial charge is 0.142 e. The third-order valence-corrected chi connectivity index (χ3v) is 2.59. The molecule has 0 fully saturated rings. The first-order chi connectivity index (χ1) is 8.38. The van der Waals surface area contributed by atoms with Gasteiger partial charge in [0.15, 0.2) is 0 Å². The molecule has 0 aliphatic rings. The number of unbranched alkanes of at least 4 members (excludes halogenated alkanes) is 2. The van der Waals surface area contributed by atoms with Gasteiger partial charge in [-0.15, -0.1) is 0 Å². The number of rotatable bonds is 9. The molecular formula is C14H24N2O. The average molecular weight is 236 g/mol. The van der Waals surface area contributed by atoms with E-state index in [0.717, 1.165) is 37.4 Å². The Balaban J connectivity index is 2.40. The monoisotopic (exact) mass is 236 g/mol. The molecule has 0 saturated heterocycles. The largest absolute Gasteiger partial charge is 0.491 e. The summed E-state index contributed by atoms with van der Waals surface area (Å²) in [5, 5.41) is 3.35. The molecule has 17 heavy (non-hydrogen) atoms. The van der Waals surface area contributed by atoms with Crippen molar-refractivity contribution in [1.82, 2.24) is 0 Å². The molecule has 0 heterocycles. The molecular weight excluding hydrogens is 212 g/mol. The van der Waals surface area contributed by atoms with E-state index in [4.69, 9.17) is 10.5 Å². The molecule has 0 radical (unpaired) electrons. The van der Waals surface area contributed by atoms with Crippen LogP contribution in [0.5, 0.6) is 5.75 Å². The van der Waals surface area contributed by atoms with Crippen LogP contribution in [0.2, 0.25) is 0 Å². The van der Waals surface area contributed by atoms with Gasteiger partial charge < -0.3 is 15.8 Å². The van der Waals surface area contributed by atoms with Gasteiger partial charge >= 0.3 is 0 Å². The molecule has 0 atom stereocenters. The molecule has 3 heteroatoms. The second-order valence-electron chi connectivity index (χ2n) is 4.12. The Morgan fingerprint density at radius 3 is 2.76 bits per heavy atom. The van der Waals surface area contributed by atoms with Crippen LogP contribution in [0.4, 0.5) is 5.69 Å². The third-order valence-electron chi connectivity index (χ3n) is 2.59. The number of nitrogens with one attached hydrogen (secondary N) is 1. The Morgan fingerprint density at radius 2 is 2.00 bits per heavy atom. The Bertz CT molecular complexity index is 302. The fourth-order valence-electron chi connectivity index (χ4n) is 1.60. The van der Waals surface area contributed by atoms with Crippen molar-refractivity contribution < 1.29 is 4.74 Å². The third kappa shape index (κ3) is 5.59. The lowest BCUT2D eigenvalue weighted by molar-refractivity contribution is 0.307. The maximum atomic E-state index is 5.78. The molecule has 1 aromatic carbocycles. The van der Waals surface area contributed by atoms with E-state index in [2.05, 4.69) is 12.2 Å². The van der Waals surface area contributed by atoms with Gasteiger partial charge in [0.2, 0.25) is 0 Å². The van der Waals surface area contributed by atoms with E-state index >= 15 is 0 Å². The lowest BCUT2D eigenvalue weighted by Crippen LogP contribution is -2.09. The van der Waals surface area contributed by atoms with Crippen molar-refractivity contribution in [2.75, 3.05) is 25.0 Å². The fraction of sp³-hybridized carbons (Fsp3) is 0.571. The first kappa shape index (κ1) is 13.8. The maximum Gasteiger partial charge on any atom is 0.142 e. The van der Waals surface area contributed by atoms with E-state index < -0.39 is 0 Å². The summed E-state index contributed by atoms with van der Waals surface area (Å²) < 4.78 is 5.78. The maximum absolute atomic E-state index is 5.78. The van der Waals surface area contributed by atoms with Gasteiger partial charge in [-0.3, -0.25) is 0 Å². The van der Waals surface area contributed by atoms with Crippen molar-refractivity contribution >= 4 is 5.69 Å². The van der Waals surface area contributed by atoms with Crippen LogP contribution in [-0.4, -0.2) is 19.7 Å². The Labute approximate surface area is 104 Å². The number of hydrogen-bond donors (Lipinski definition) is 2. The van der Waals surface area contributed by atoms with Gasteiger partial charge in [0.1, 0.15) is 5.75 Å². The van der Waals surface area contributed by atoms with Crippen LogP contribution in [0.1, 0.15) is 32.6 Å². The summed E-state index contributed by atoms with van der Waals surface area (Å²) in [7, 11) is 0. The first-order valence-electron chi connectivity index (χ1n) is 6.54. The molecule has 1 aromatic rings. The van der Waals surface area contributed by atoms with E-state index in [1.807, 2.05) is 24.3 Å². The quantitative estimate of drug-likeness (QED) is 0.648. The lowest BCUT2D eigenvalue weighted by atomic mass is 10.2. The van der Waals surface area contributed by atoms with E-state index in [9.17, 15) is 0 Å². The number of ether oxygens (including phenoxy) is 1. The van der Waals surface area contributed by atoms with Gasteiger partial charge in [0, 0.05) is 6.54 Å². The minimum absolute atomic E-state index is 0.715. The molecule has 0 amide bonds. The summed E-state index contributed by atoms with van der Waals surface area (Å²) in [6, 6.07) is 8.08. The highest BCUT2D eigenvalue weighted by atomic mass is 16.5. The predicted molar refractivity (Wildman–Crippen MR) is 73.6 cm³/mol. The van der Waals surface area contributed by atoms with Crippen molar-refractivity contribution in [2.24, 2.45) is 5.73 Å². The second-order valence-corrected chi connectivity index (χ2v) is 4.12. The van der Waals surface area contributed by atoms with Gasteiger partial charge in [0.25, 0.3) is 0 Å². The molecule has 0 spiro atoms. The van der Waals surface area contributed by atoms with E-state index in [-0.39, 0.29) is 0 Å². The lowest BCUT2D eigenvalue weighted by Gasteiger charge is -2.12. The topological polar surface area (TPSA) is 47.3 Å². The number of hydrogen-bond acceptors (Lipinski definition) is 3. The highest BCUT2D eigenvalue weighted by molar-refractivity contribution is 5.56. The summed E-state index contributed by atoms with van der Waals surface area (Å²) in [4.78, 5) is 0. The second kappa shape index (κ2) is 8.88. The Hall–Kier alpha value is -1.22. The minimum Gasteiger partial charge on any atom is -0.491 e. The van der Waals surface area contributed by atoms with E-state index in [1.165, 1.54) is 12.8 Å². The van der Waals surface area contributed by atoms with E-state index in [1.54, 1.807) is 0 Å². The molecule has 0 aliphatic heterocycles. The molecule has 3 N–H and O–H groups in total. The highest BCUT2D eigenvalue weighted by Crippen LogP contribution is 2.23. The van der Waals surface area contributed by atoms with Crippen LogP contribution in [0.3, 0.4) is 0 Å². The zero-order valence-electron chi connectivity index (χ0n) is 10.7. The van der Waals surface area contributed by atoms with Crippen molar-refractivity contribution in [3.63, 3.8) is 0 Å². The SMILES string of the molecule is CCCCCOc1ccccc1NCCCN. The van der Waals surface area contributed by atoms with Gasteiger partial charge in [-0.1, -0.05) is 31.9 Å². The van der Waals surface area contributed by atoms with Crippen LogP contribution >= 0.6 is 0 Å². The Kier molecular flexibility index (Phi) is 7.23. The summed E-state index contributed by atoms with van der Waals surface area (Å²) in [6.45, 7) is 4.60. The molecule has 96 valence electrons. The highest BCUT2D eigenvalue weighted by Gasteiger charge is 2.01. The normalized spacial score (nSPS) is 10.2. The minimum atomic E-state index is 0.715. The van der Waals surface area contributed by atoms with Crippen LogP contribution in [0.25, 0.3) is 0 Å². The van der Waals surface area contributed by atoms with Gasteiger partial charge in [-0.05, 0) is 31.5 Å². The summed E-state index contributed by atoms with van der Waals surface area (Å²) >= 11 is 0. The molecule has 0 saturated carbocycles. The average Bonchev–Trinajstić information content (AvgIpc) is 2.36. The predicted octanol–water partition coefficient (Wildman–Crippen LogP) is 3.02. The van der Waals surface area contributed by atoms with Crippen LogP contribution in [-0.2, 0) is 0 Å². The van der Waals surface area contributed by atoms with Gasteiger partial charge in [-0.25, -0.2) is 0 Å². The standard InChI is InChI=1S/C14H24N2O/c1-2-3-6-12-17-14-9-5-4-8-13(14)16-11-7-10-15/h4-5,8-9,16H,2-3,6-7,10-12,15H2,1H3. The van der Waals surface area contributed by atoms with E-state index in [0.29, 0.717) is 6.54 Å². The number of anilines is 1. The molecule has 0 bridgehead atoms. The fourth-order valence-corrected chi connectivity index (χ4v) is 1.60. The van der Waals surface area contributed by atoms with Gasteiger partial charge in [0.05, 0.1) is 12.3 Å². The van der Waals surface area contributed by atoms with Crippen molar-refractivity contribution in [3.05, 3.63) is 24.3 Å². The van der Waals surface area contributed by atoms with Crippen LogP contribution < -0.4 is 15.8 Å². The number of para-hydroxylation sites is 2. The molecule has 3 nitrogen and oxygen atoms in total. The number of nitrogens with two attached hydrogens (primary N) is 1. The first-order valence-corrected chi connectivity index (χ1v) is 6.54. The molecule has 0 aromatic heterocycles. The molecule has 1 rings (SSSR count). The number of benzene rings is 1. The van der Waals surface area contributed by atoms with Crippen LogP contribution in [0, 0.1) is 0 Å². The van der Waals surface area contributed by atoms with Crippen molar-refractivity contribution in [1.29, 1.82) is 0 Å². The zero-order valence-corrected chi connectivity index (χ0v) is 10.7. The molecule has 0 aliphatic carbocycles.